The highest BCUT2D eigenvalue weighted by Gasteiger charge is 2.22. The Morgan fingerprint density at radius 3 is 2.65 bits per heavy atom. The van der Waals surface area contributed by atoms with Crippen LogP contribution in [0.3, 0.4) is 0 Å². The second-order valence-corrected chi connectivity index (χ2v) is 6.44. The zero-order valence-corrected chi connectivity index (χ0v) is 13.5. The van der Waals surface area contributed by atoms with Crippen molar-refractivity contribution < 1.29 is 9.59 Å². The van der Waals surface area contributed by atoms with Gasteiger partial charge in [-0.15, -0.1) is 0 Å². The molecule has 0 bridgehead atoms. The van der Waals surface area contributed by atoms with Crippen LogP contribution < -0.4 is 10.6 Å². The number of nitrogens with one attached hydrogen (secondary N) is 2. The standard InChI is InChI=1S/C18H25N3O2/c22-17(13-14-7-6-10-19-14)20-16-9-3-2-8-15(16)18(23)21-11-4-1-5-12-21/h2-3,8-9,14,19H,1,4-7,10-13H2,(H,20,22). The van der Waals surface area contributed by atoms with Gasteiger partial charge in [-0.05, 0) is 50.8 Å². The molecule has 1 unspecified atom stereocenters. The highest BCUT2D eigenvalue weighted by molar-refractivity contribution is 6.03. The van der Waals surface area contributed by atoms with Crippen molar-refractivity contribution in [2.45, 2.75) is 44.6 Å². The predicted octanol–water partition coefficient (Wildman–Crippen LogP) is 2.39. The molecule has 0 spiro atoms. The van der Waals surface area contributed by atoms with Crippen molar-refractivity contribution in [3.8, 4) is 0 Å². The lowest BCUT2D eigenvalue weighted by atomic mass is 10.1. The fourth-order valence-electron chi connectivity index (χ4n) is 3.40. The van der Waals surface area contributed by atoms with E-state index in [4.69, 9.17) is 0 Å². The number of hydrogen-bond acceptors (Lipinski definition) is 3. The fraction of sp³-hybridized carbons (Fsp3) is 0.556. The summed E-state index contributed by atoms with van der Waals surface area (Å²) in [6.07, 6.45) is 5.95. The van der Waals surface area contributed by atoms with E-state index in [1.165, 1.54) is 6.42 Å². The molecule has 2 amide bonds. The van der Waals surface area contributed by atoms with Crippen LogP contribution in [0.2, 0.25) is 0 Å². The smallest absolute Gasteiger partial charge is 0.255 e. The number of para-hydroxylation sites is 1. The third-order valence-electron chi connectivity index (χ3n) is 4.67. The Kier molecular flexibility index (Phi) is 5.28. The molecule has 3 rings (SSSR count). The third-order valence-corrected chi connectivity index (χ3v) is 4.67. The zero-order chi connectivity index (χ0) is 16.1. The topological polar surface area (TPSA) is 61.4 Å². The minimum absolute atomic E-state index is 0.0247. The molecule has 2 aliphatic rings. The van der Waals surface area contributed by atoms with Crippen LogP contribution in [-0.4, -0.2) is 42.4 Å². The summed E-state index contributed by atoms with van der Waals surface area (Å²) >= 11 is 0. The van der Waals surface area contributed by atoms with E-state index < -0.39 is 0 Å². The van der Waals surface area contributed by atoms with Crippen LogP contribution in [0.25, 0.3) is 0 Å². The molecule has 2 saturated heterocycles. The summed E-state index contributed by atoms with van der Waals surface area (Å²) in [6, 6.07) is 7.60. The maximum atomic E-state index is 12.7. The first-order valence-electron chi connectivity index (χ1n) is 8.65. The minimum atomic E-state index is -0.0247. The Labute approximate surface area is 137 Å². The van der Waals surface area contributed by atoms with Crippen LogP contribution in [0.4, 0.5) is 5.69 Å². The van der Waals surface area contributed by atoms with Gasteiger partial charge in [-0.25, -0.2) is 0 Å². The average Bonchev–Trinajstić information content (AvgIpc) is 3.08. The van der Waals surface area contributed by atoms with Crippen LogP contribution in [0.1, 0.15) is 48.9 Å². The SMILES string of the molecule is O=C(CC1CCCN1)Nc1ccccc1C(=O)N1CCCCC1. The monoisotopic (exact) mass is 315 g/mol. The molecule has 2 N–H and O–H groups in total. The Morgan fingerprint density at radius 2 is 1.91 bits per heavy atom. The zero-order valence-electron chi connectivity index (χ0n) is 13.5. The van der Waals surface area contributed by atoms with Gasteiger partial charge < -0.3 is 15.5 Å². The van der Waals surface area contributed by atoms with Crippen LogP contribution in [-0.2, 0) is 4.79 Å². The number of benzene rings is 1. The Hall–Kier alpha value is -1.88. The van der Waals surface area contributed by atoms with Crippen molar-refractivity contribution in [2.75, 3.05) is 25.0 Å². The summed E-state index contributed by atoms with van der Waals surface area (Å²) in [5.41, 5.74) is 1.23. The van der Waals surface area contributed by atoms with E-state index in [9.17, 15) is 9.59 Å². The maximum Gasteiger partial charge on any atom is 0.255 e. The number of anilines is 1. The van der Waals surface area contributed by atoms with Gasteiger partial charge in [-0.2, -0.15) is 0 Å². The van der Waals surface area contributed by atoms with E-state index in [1.807, 2.05) is 23.1 Å². The number of carbonyl (C=O) groups is 2. The van der Waals surface area contributed by atoms with E-state index in [0.717, 1.165) is 45.3 Å². The van der Waals surface area contributed by atoms with Crippen molar-refractivity contribution in [1.82, 2.24) is 10.2 Å². The number of rotatable bonds is 4. The van der Waals surface area contributed by atoms with Crippen molar-refractivity contribution in [2.24, 2.45) is 0 Å². The van der Waals surface area contributed by atoms with Gasteiger partial charge in [-0.3, -0.25) is 9.59 Å². The molecule has 5 nitrogen and oxygen atoms in total. The molecule has 5 heteroatoms. The second kappa shape index (κ2) is 7.59. The Morgan fingerprint density at radius 1 is 1.13 bits per heavy atom. The largest absolute Gasteiger partial charge is 0.339 e. The maximum absolute atomic E-state index is 12.7. The molecule has 1 aromatic rings. The third kappa shape index (κ3) is 4.10. The Balaban J connectivity index is 1.67. The van der Waals surface area contributed by atoms with Crippen molar-refractivity contribution in [3.05, 3.63) is 29.8 Å². The summed E-state index contributed by atoms with van der Waals surface area (Å²) in [7, 11) is 0. The van der Waals surface area contributed by atoms with E-state index in [0.29, 0.717) is 17.7 Å². The van der Waals surface area contributed by atoms with E-state index in [-0.39, 0.29) is 17.9 Å². The lowest BCUT2D eigenvalue weighted by Gasteiger charge is -2.27. The minimum Gasteiger partial charge on any atom is -0.339 e. The van der Waals surface area contributed by atoms with Crippen molar-refractivity contribution >= 4 is 17.5 Å². The van der Waals surface area contributed by atoms with Crippen LogP contribution >= 0.6 is 0 Å². The first-order chi connectivity index (χ1) is 11.2. The van der Waals surface area contributed by atoms with Gasteiger partial charge in [0.15, 0.2) is 0 Å². The molecule has 2 heterocycles. The molecule has 23 heavy (non-hydrogen) atoms. The van der Waals surface area contributed by atoms with Gasteiger partial charge in [0.25, 0.3) is 5.91 Å². The van der Waals surface area contributed by atoms with E-state index in [1.54, 1.807) is 6.07 Å². The summed E-state index contributed by atoms with van der Waals surface area (Å²) in [5.74, 6) is 0.00267. The number of carbonyl (C=O) groups excluding carboxylic acids is 2. The molecule has 124 valence electrons. The summed E-state index contributed by atoms with van der Waals surface area (Å²) < 4.78 is 0. The number of hydrogen-bond donors (Lipinski definition) is 2. The molecule has 0 aromatic heterocycles. The molecule has 2 aliphatic heterocycles. The molecular weight excluding hydrogens is 290 g/mol. The fourth-order valence-corrected chi connectivity index (χ4v) is 3.40. The van der Waals surface area contributed by atoms with Crippen LogP contribution in [0.5, 0.6) is 0 Å². The lowest BCUT2D eigenvalue weighted by molar-refractivity contribution is -0.116. The summed E-state index contributed by atoms with van der Waals surface area (Å²) in [4.78, 5) is 26.8. The summed E-state index contributed by atoms with van der Waals surface area (Å²) in [5, 5.41) is 6.26. The molecule has 0 saturated carbocycles. The Bertz CT molecular complexity index is 561. The van der Waals surface area contributed by atoms with Gasteiger partial charge in [0.1, 0.15) is 0 Å². The van der Waals surface area contributed by atoms with Crippen molar-refractivity contribution in [1.29, 1.82) is 0 Å². The molecule has 1 atom stereocenters. The highest BCUT2D eigenvalue weighted by Crippen LogP contribution is 2.20. The van der Waals surface area contributed by atoms with Crippen molar-refractivity contribution in [3.63, 3.8) is 0 Å². The molecule has 1 aromatic carbocycles. The van der Waals surface area contributed by atoms with Gasteiger partial charge in [0, 0.05) is 25.6 Å². The van der Waals surface area contributed by atoms with Crippen LogP contribution in [0, 0.1) is 0 Å². The highest BCUT2D eigenvalue weighted by atomic mass is 16.2. The molecular formula is C18H25N3O2. The number of piperidine rings is 1. The van der Waals surface area contributed by atoms with Crippen LogP contribution in [0.15, 0.2) is 24.3 Å². The molecule has 0 radical (unpaired) electrons. The van der Waals surface area contributed by atoms with E-state index >= 15 is 0 Å². The predicted molar refractivity (Wildman–Crippen MR) is 90.5 cm³/mol. The van der Waals surface area contributed by atoms with Gasteiger partial charge in [0.2, 0.25) is 5.91 Å². The second-order valence-electron chi connectivity index (χ2n) is 6.44. The number of amides is 2. The average molecular weight is 315 g/mol. The quantitative estimate of drug-likeness (QED) is 0.897. The molecule has 2 fully saturated rings. The number of likely N-dealkylation sites (tertiary alicyclic amines) is 1. The number of nitrogens with zero attached hydrogens (tertiary/aromatic N) is 1. The molecule has 0 aliphatic carbocycles. The van der Waals surface area contributed by atoms with Gasteiger partial charge >= 0.3 is 0 Å². The van der Waals surface area contributed by atoms with E-state index in [2.05, 4.69) is 10.6 Å². The lowest BCUT2D eigenvalue weighted by Crippen LogP contribution is -2.36. The normalized spacial score (nSPS) is 21.2. The first kappa shape index (κ1) is 16.0. The van der Waals surface area contributed by atoms with Gasteiger partial charge in [0.05, 0.1) is 11.3 Å². The summed E-state index contributed by atoms with van der Waals surface area (Å²) in [6.45, 7) is 2.61. The first-order valence-corrected chi connectivity index (χ1v) is 8.65. The van der Waals surface area contributed by atoms with Gasteiger partial charge in [-0.1, -0.05) is 12.1 Å².